The molecule has 8 heavy (non-hydrogen) atoms. The van der Waals surface area contributed by atoms with Crippen LogP contribution in [0.25, 0.3) is 0 Å². The largest absolute Gasteiger partial charge is 0.512 e. The highest BCUT2D eigenvalue weighted by atomic mass is 16.3. The Balaban J connectivity index is 2.59. The van der Waals surface area contributed by atoms with E-state index < -0.39 is 6.10 Å². The fourth-order valence-corrected chi connectivity index (χ4v) is 0.645. The van der Waals surface area contributed by atoms with Gasteiger partial charge in [-0.15, -0.1) is 0 Å². The maximum atomic E-state index is 8.79. The molecule has 0 fully saturated rings. The first-order valence-corrected chi connectivity index (χ1v) is 2.53. The van der Waals surface area contributed by atoms with E-state index in [-0.39, 0.29) is 5.76 Å². The molecule has 0 aliphatic heterocycles. The van der Waals surface area contributed by atoms with Crippen molar-refractivity contribution in [2.24, 2.45) is 0 Å². The van der Waals surface area contributed by atoms with Gasteiger partial charge in [0.1, 0.15) is 0 Å². The van der Waals surface area contributed by atoms with Crippen molar-refractivity contribution in [2.75, 3.05) is 0 Å². The first-order valence-electron chi connectivity index (χ1n) is 2.53. The zero-order valence-electron chi connectivity index (χ0n) is 4.41. The van der Waals surface area contributed by atoms with Crippen LogP contribution in [0.2, 0.25) is 0 Å². The normalized spacial score (nSPS) is 27.6. The molecule has 0 aromatic rings. The van der Waals surface area contributed by atoms with Crippen molar-refractivity contribution in [3.63, 3.8) is 0 Å². The molecule has 0 aromatic heterocycles. The van der Waals surface area contributed by atoms with Crippen LogP contribution in [0, 0.1) is 0 Å². The average Bonchev–Trinajstić information content (AvgIpc) is 1.64. The Morgan fingerprint density at radius 2 is 2.38 bits per heavy atom. The van der Waals surface area contributed by atoms with Crippen molar-refractivity contribution in [2.45, 2.75) is 12.5 Å². The Labute approximate surface area is 47.8 Å². The van der Waals surface area contributed by atoms with Crippen molar-refractivity contribution < 1.29 is 10.2 Å². The van der Waals surface area contributed by atoms with Gasteiger partial charge in [-0.2, -0.15) is 0 Å². The number of rotatable bonds is 0. The zero-order chi connectivity index (χ0) is 5.98. The van der Waals surface area contributed by atoms with Crippen molar-refractivity contribution in [3.8, 4) is 0 Å². The Morgan fingerprint density at radius 1 is 1.62 bits per heavy atom. The second-order valence-electron chi connectivity index (χ2n) is 1.81. The van der Waals surface area contributed by atoms with Crippen LogP contribution in [0.1, 0.15) is 6.42 Å². The van der Waals surface area contributed by atoms with E-state index in [1.165, 1.54) is 0 Å². The molecule has 1 rings (SSSR count). The van der Waals surface area contributed by atoms with E-state index in [0.29, 0.717) is 6.42 Å². The van der Waals surface area contributed by atoms with E-state index in [4.69, 9.17) is 10.2 Å². The minimum Gasteiger partial charge on any atom is -0.512 e. The van der Waals surface area contributed by atoms with E-state index in [9.17, 15) is 0 Å². The van der Waals surface area contributed by atoms with Crippen LogP contribution in [0.3, 0.4) is 0 Å². The molecule has 0 amide bonds. The first kappa shape index (κ1) is 5.38. The topological polar surface area (TPSA) is 40.5 Å². The number of aliphatic hydroxyl groups is 2. The molecule has 0 saturated carbocycles. The summed E-state index contributed by atoms with van der Waals surface area (Å²) in [4.78, 5) is 0. The van der Waals surface area contributed by atoms with Crippen LogP contribution in [-0.4, -0.2) is 16.3 Å². The summed E-state index contributed by atoms with van der Waals surface area (Å²) < 4.78 is 0. The fraction of sp³-hybridized carbons (Fsp3) is 0.333. The van der Waals surface area contributed by atoms with Crippen molar-refractivity contribution in [1.82, 2.24) is 0 Å². The van der Waals surface area contributed by atoms with Crippen LogP contribution in [0.4, 0.5) is 0 Å². The van der Waals surface area contributed by atoms with Crippen LogP contribution in [0.15, 0.2) is 24.0 Å². The van der Waals surface area contributed by atoms with Gasteiger partial charge in [-0.05, 0) is 6.08 Å². The maximum Gasteiger partial charge on any atom is 0.0951 e. The van der Waals surface area contributed by atoms with E-state index in [1.807, 2.05) is 0 Å². The summed E-state index contributed by atoms with van der Waals surface area (Å²) in [5.41, 5.74) is 0. The maximum absolute atomic E-state index is 8.79. The van der Waals surface area contributed by atoms with Gasteiger partial charge >= 0.3 is 0 Å². The second kappa shape index (κ2) is 2.01. The van der Waals surface area contributed by atoms with E-state index in [1.54, 1.807) is 18.2 Å². The molecule has 0 radical (unpaired) electrons. The molecule has 0 unspecified atom stereocenters. The molecule has 2 heteroatoms. The lowest BCUT2D eigenvalue weighted by atomic mass is 10.1. The van der Waals surface area contributed by atoms with Gasteiger partial charge in [0, 0.05) is 6.42 Å². The van der Waals surface area contributed by atoms with Crippen LogP contribution in [-0.2, 0) is 0 Å². The number of aliphatic hydroxyl groups excluding tert-OH is 2. The van der Waals surface area contributed by atoms with Gasteiger partial charge in [-0.25, -0.2) is 0 Å². The van der Waals surface area contributed by atoms with Crippen LogP contribution in [0.5, 0.6) is 0 Å². The lowest BCUT2D eigenvalue weighted by molar-refractivity contribution is 0.200. The predicted octanol–water partition coefficient (Wildman–Crippen LogP) is 0.749. The number of hydrogen-bond acceptors (Lipinski definition) is 2. The Hall–Kier alpha value is -0.760. The molecule has 1 atom stereocenters. The summed E-state index contributed by atoms with van der Waals surface area (Å²) in [7, 11) is 0. The first-order chi connectivity index (χ1) is 3.79. The van der Waals surface area contributed by atoms with Crippen molar-refractivity contribution >= 4 is 0 Å². The molecular weight excluding hydrogens is 104 g/mol. The summed E-state index contributed by atoms with van der Waals surface area (Å²) in [5.74, 6) is 0.250. The third kappa shape index (κ3) is 1.10. The Kier molecular flexibility index (Phi) is 1.35. The van der Waals surface area contributed by atoms with Gasteiger partial charge < -0.3 is 10.2 Å². The molecule has 1 aliphatic rings. The van der Waals surface area contributed by atoms with Gasteiger partial charge in [-0.3, -0.25) is 0 Å². The quantitative estimate of drug-likeness (QED) is 0.485. The van der Waals surface area contributed by atoms with Crippen molar-refractivity contribution in [3.05, 3.63) is 24.0 Å². The van der Waals surface area contributed by atoms with Gasteiger partial charge in [0.25, 0.3) is 0 Å². The summed E-state index contributed by atoms with van der Waals surface area (Å²) >= 11 is 0. The highest BCUT2D eigenvalue weighted by Gasteiger charge is 2.04. The Bertz CT molecular complexity index is 135. The van der Waals surface area contributed by atoms with Gasteiger partial charge in [-0.1, -0.05) is 12.2 Å². The monoisotopic (exact) mass is 112 g/mol. The SMILES string of the molecule is OC1=CC=C[C@@H](O)C1. The Morgan fingerprint density at radius 3 is 2.75 bits per heavy atom. The molecule has 0 aromatic carbocycles. The number of hydrogen-bond donors (Lipinski definition) is 2. The summed E-state index contributed by atoms with van der Waals surface area (Å²) in [6.07, 6.45) is 4.73. The fourth-order valence-electron chi connectivity index (χ4n) is 0.645. The standard InChI is InChI=1S/C6H8O2/c7-5-2-1-3-6(8)4-5/h1-3,5,7-8H,4H2/t5-/m1/s1. The second-order valence-corrected chi connectivity index (χ2v) is 1.81. The molecule has 1 aliphatic carbocycles. The molecule has 44 valence electrons. The molecule has 0 heterocycles. The molecule has 2 N–H and O–H groups in total. The molecule has 2 nitrogen and oxygen atoms in total. The smallest absolute Gasteiger partial charge is 0.0951 e. The van der Waals surface area contributed by atoms with Crippen LogP contribution >= 0.6 is 0 Å². The minimum atomic E-state index is -0.486. The highest BCUT2D eigenvalue weighted by Crippen LogP contribution is 2.07. The third-order valence-electron chi connectivity index (χ3n) is 1.04. The number of allylic oxidation sites excluding steroid dienone is 2. The average molecular weight is 112 g/mol. The van der Waals surface area contributed by atoms with Gasteiger partial charge in [0.2, 0.25) is 0 Å². The minimum absolute atomic E-state index is 0.250. The molecule has 0 saturated heterocycles. The van der Waals surface area contributed by atoms with E-state index in [0.717, 1.165) is 0 Å². The molecule has 0 spiro atoms. The lowest BCUT2D eigenvalue weighted by Crippen LogP contribution is -2.05. The third-order valence-corrected chi connectivity index (χ3v) is 1.04. The van der Waals surface area contributed by atoms with Gasteiger partial charge in [0.05, 0.1) is 11.9 Å². The van der Waals surface area contributed by atoms with Gasteiger partial charge in [0.15, 0.2) is 0 Å². The summed E-state index contributed by atoms with van der Waals surface area (Å²) in [5, 5.41) is 17.5. The lowest BCUT2D eigenvalue weighted by Gasteiger charge is -2.06. The molecule has 0 bridgehead atoms. The van der Waals surface area contributed by atoms with Crippen LogP contribution < -0.4 is 0 Å². The zero-order valence-corrected chi connectivity index (χ0v) is 4.41. The molecular formula is C6H8O2. The van der Waals surface area contributed by atoms with E-state index in [2.05, 4.69) is 0 Å². The predicted molar refractivity (Wildman–Crippen MR) is 30.5 cm³/mol. The van der Waals surface area contributed by atoms with Crippen molar-refractivity contribution in [1.29, 1.82) is 0 Å². The van der Waals surface area contributed by atoms with E-state index >= 15 is 0 Å². The summed E-state index contributed by atoms with van der Waals surface area (Å²) in [6, 6.07) is 0. The summed E-state index contributed by atoms with van der Waals surface area (Å²) in [6.45, 7) is 0. The highest BCUT2D eigenvalue weighted by molar-refractivity contribution is 5.15.